The number of carboxylic acids is 1. The Labute approximate surface area is 195 Å². The van der Waals surface area contributed by atoms with Crippen LogP contribution in [0.3, 0.4) is 0 Å². The van der Waals surface area contributed by atoms with Gasteiger partial charge in [0.2, 0.25) is 5.82 Å². The van der Waals surface area contributed by atoms with Gasteiger partial charge in [0.1, 0.15) is 0 Å². The van der Waals surface area contributed by atoms with E-state index in [4.69, 9.17) is 11.6 Å². The van der Waals surface area contributed by atoms with Gasteiger partial charge in [0.15, 0.2) is 0 Å². The van der Waals surface area contributed by atoms with Crippen LogP contribution in [0, 0.1) is 0 Å². The molecule has 31 heavy (non-hydrogen) atoms. The van der Waals surface area contributed by atoms with Crippen molar-refractivity contribution in [2.45, 2.75) is 35.1 Å². The molecule has 0 bridgehead atoms. The van der Waals surface area contributed by atoms with Gasteiger partial charge in [-0.15, -0.1) is 10.2 Å². The summed E-state index contributed by atoms with van der Waals surface area (Å²) >= 11 is 11.5. The molecule has 0 radical (unpaired) electrons. The van der Waals surface area contributed by atoms with Crippen LogP contribution in [0.1, 0.15) is 24.5 Å². The molecule has 0 amide bonds. The third-order valence-corrected chi connectivity index (χ3v) is 7.42. The SMILES string of the molecule is Cn1nnc(-c2cc(Br)c3c(Sc4ccc(Cl)cc4)c4n(c3c2)CCC4CC(=O)O)n1. The molecule has 2 aromatic heterocycles. The zero-order chi connectivity index (χ0) is 21.7. The van der Waals surface area contributed by atoms with Crippen molar-refractivity contribution < 1.29 is 9.90 Å². The molecule has 0 fully saturated rings. The Morgan fingerprint density at radius 1 is 1.32 bits per heavy atom. The highest BCUT2D eigenvalue weighted by molar-refractivity contribution is 9.10. The minimum atomic E-state index is -0.783. The van der Waals surface area contributed by atoms with E-state index in [0.29, 0.717) is 10.8 Å². The van der Waals surface area contributed by atoms with Crippen molar-refractivity contribution in [3.63, 3.8) is 0 Å². The van der Waals surface area contributed by atoms with Crippen LogP contribution in [0.4, 0.5) is 0 Å². The monoisotopic (exact) mass is 517 g/mol. The third-order valence-electron chi connectivity index (χ3n) is 5.42. The summed E-state index contributed by atoms with van der Waals surface area (Å²) < 4.78 is 3.16. The Kier molecular flexibility index (Phi) is 5.27. The van der Waals surface area contributed by atoms with Gasteiger partial charge in [-0.25, -0.2) is 0 Å². The van der Waals surface area contributed by atoms with Crippen LogP contribution < -0.4 is 0 Å². The molecule has 7 nitrogen and oxygen atoms in total. The van der Waals surface area contributed by atoms with Gasteiger partial charge >= 0.3 is 5.97 Å². The Bertz CT molecular complexity index is 1320. The largest absolute Gasteiger partial charge is 0.481 e. The van der Waals surface area contributed by atoms with Gasteiger partial charge in [0.25, 0.3) is 0 Å². The lowest BCUT2D eigenvalue weighted by atomic mass is 10.00. The normalized spacial score (nSPS) is 15.5. The van der Waals surface area contributed by atoms with E-state index in [0.717, 1.165) is 49.4 Å². The first kappa shape index (κ1) is 20.5. The summed E-state index contributed by atoms with van der Waals surface area (Å²) in [7, 11) is 1.73. The summed E-state index contributed by atoms with van der Waals surface area (Å²) in [4.78, 5) is 15.1. The van der Waals surface area contributed by atoms with Crippen LogP contribution in [-0.2, 0) is 18.4 Å². The van der Waals surface area contributed by atoms with Gasteiger partial charge in [0.05, 0.1) is 19.0 Å². The number of rotatable bonds is 5. The molecule has 0 saturated carbocycles. The predicted molar refractivity (Wildman–Crippen MR) is 123 cm³/mol. The van der Waals surface area contributed by atoms with Crippen molar-refractivity contribution >= 4 is 56.2 Å². The number of aryl methyl sites for hydroxylation is 2. The molecular formula is C21H17BrClN5O2S. The molecule has 0 aliphatic carbocycles. The molecule has 2 aromatic carbocycles. The predicted octanol–water partition coefficient (Wildman–Crippen LogP) is 5.36. The van der Waals surface area contributed by atoms with Crippen LogP contribution in [0.15, 0.2) is 50.7 Å². The molecule has 5 rings (SSSR count). The fourth-order valence-corrected chi connectivity index (χ4v) is 6.25. The Hall–Kier alpha value is -2.36. The van der Waals surface area contributed by atoms with Crippen LogP contribution in [-0.4, -0.2) is 35.9 Å². The van der Waals surface area contributed by atoms with E-state index >= 15 is 0 Å². The summed E-state index contributed by atoms with van der Waals surface area (Å²) in [5.74, 6) is -0.271. The summed E-state index contributed by atoms with van der Waals surface area (Å²) in [6.07, 6.45) is 0.914. The molecule has 4 aromatic rings. The standard InChI is InChI=1S/C21H17BrClN5O2S/c1-27-25-21(24-26-27)12-8-15(22)18-16(9-12)28-7-6-11(10-17(29)30)19(28)20(18)31-14-4-2-13(23)3-5-14/h2-5,8-9,11H,6-7,10H2,1H3,(H,29,30). The molecule has 10 heteroatoms. The third kappa shape index (κ3) is 3.75. The van der Waals surface area contributed by atoms with Crippen molar-refractivity contribution in [1.29, 1.82) is 0 Å². The van der Waals surface area contributed by atoms with Gasteiger partial charge in [-0.2, -0.15) is 4.80 Å². The van der Waals surface area contributed by atoms with Gasteiger partial charge in [-0.05, 0) is 48.0 Å². The highest BCUT2D eigenvalue weighted by atomic mass is 79.9. The number of hydrogen-bond donors (Lipinski definition) is 1. The van der Waals surface area contributed by atoms with E-state index in [-0.39, 0.29) is 12.3 Å². The maximum atomic E-state index is 11.5. The fraction of sp³-hybridized carbons (Fsp3) is 0.238. The molecular weight excluding hydrogens is 502 g/mol. The summed E-state index contributed by atoms with van der Waals surface area (Å²) in [6, 6.07) is 11.8. The number of carbonyl (C=O) groups is 1. The minimum Gasteiger partial charge on any atom is -0.481 e. The number of hydrogen-bond acceptors (Lipinski definition) is 5. The smallest absolute Gasteiger partial charge is 0.304 e. The molecule has 3 heterocycles. The number of carboxylic acid groups (broad SMARTS) is 1. The number of tetrazole rings is 1. The quantitative estimate of drug-likeness (QED) is 0.383. The Morgan fingerprint density at radius 3 is 2.77 bits per heavy atom. The summed E-state index contributed by atoms with van der Waals surface area (Å²) in [5, 5.41) is 23.6. The summed E-state index contributed by atoms with van der Waals surface area (Å²) in [5.41, 5.74) is 2.97. The second-order valence-electron chi connectivity index (χ2n) is 7.46. The van der Waals surface area contributed by atoms with E-state index in [1.807, 2.05) is 30.3 Å². The number of nitrogens with zero attached hydrogens (tertiary/aromatic N) is 5. The van der Waals surface area contributed by atoms with Gasteiger partial charge < -0.3 is 9.67 Å². The first-order valence-corrected chi connectivity index (χ1v) is 11.6. The average Bonchev–Trinajstić information content (AvgIpc) is 3.40. The molecule has 0 spiro atoms. The van der Waals surface area contributed by atoms with Gasteiger partial charge in [0, 0.05) is 48.4 Å². The number of halogens is 2. The van der Waals surface area contributed by atoms with Gasteiger partial charge in [-0.3, -0.25) is 4.79 Å². The van der Waals surface area contributed by atoms with Crippen LogP contribution >= 0.6 is 39.3 Å². The lowest BCUT2D eigenvalue weighted by Gasteiger charge is -2.11. The van der Waals surface area contributed by atoms with Crippen molar-refractivity contribution in [3.05, 3.63) is 51.6 Å². The van der Waals surface area contributed by atoms with E-state index in [2.05, 4.69) is 42.0 Å². The first-order chi connectivity index (χ1) is 14.9. The van der Waals surface area contributed by atoms with E-state index in [1.54, 1.807) is 18.8 Å². The molecule has 0 saturated heterocycles. The van der Waals surface area contributed by atoms with Crippen molar-refractivity contribution in [3.8, 4) is 11.4 Å². The summed E-state index contributed by atoms with van der Waals surface area (Å²) in [6.45, 7) is 0.773. The molecule has 1 aliphatic rings. The molecule has 1 aliphatic heterocycles. The highest BCUT2D eigenvalue weighted by Gasteiger charge is 2.32. The van der Waals surface area contributed by atoms with Crippen molar-refractivity contribution in [2.24, 2.45) is 7.05 Å². The number of aromatic nitrogens is 5. The highest BCUT2D eigenvalue weighted by Crippen LogP contribution is 2.49. The van der Waals surface area contributed by atoms with E-state index < -0.39 is 5.97 Å². The van der Waals surface area contributed by atoms with E-state index in [9.17, 15) is 9.90 Å². The molecule has 1 atom stereocenters. The lowest BCUT2D eigenvalue weighted by molar-refractivity contribution is -0.137. The number of aliphatic carboxylic acids is 1. The van der Waals surface area contributed by atoms with Crippen LogP contribution in [0.5, 0.6) is 0 Å². The molecule has 158 valence electrons. The van der Waals surface area contributed by atoms with Crippen molar-refractivity contribution in [1.82, 2.24) is 24.8 Å². The topological polar surface area (TPSA) is 85.8 Å². The Morgan fingerprint density at radius 2 is 2.10 bits per heavy atom. The molecule has 1 N–H and O–H groups in total. The van der Waals surface area contributed by atoms with Crippen LogP contribution in [0.2, 0.25) is 5.02 Å². The van der Waals surface area contributed by atoms with Crippen molar-refractivity contribution in [2.75, 3.05) is 0 Å². The average molecular weight is 519 g/mol. The number of fused-ring (bicyclic) bond motifs is 3. The second kappa shape index (κ2) is 7.96. The minimum absolute atomic E-state index is 0.0373. The Balaban J connectivity index is 1.71. The second-order valence-corrected chi connectivity index (χ2v) is 9.83. The van der Waals surface area contributed by atoms with Gasteiger partial charge in [-0.1, -0.05) is 39.3 Å². The zero-order valence-electron chi connectivity index (χ0n) is 16.4. The lowest BCUT2D eigenvalue weighted by Crippen LogP contribution is -2.04. The molecule has 1 unspecified atom stereocenters. The van der Waals surface area contributed by atoms with E-state index in [1.165, 1.54) is 4.80 Å². The zero-order valence-corrected chi connectivity index (χ0v) is 19.6. The number of benzene rings is 2. The van der Waals surface area contributed by atoms with Crippen LogP contribution in [0.25, 0.3) is 22.3 Å². The first-order valence-electron chi connectivity index (χ1n) is 9.66. The maximum Gasteiger partial charge on any atom is 0.304 e. The fourth-order valence-electron chi connectivity index (χ4n) is 4.14. The maximum absolute atomic E-state index is 11.5.